The number of hydrogen-bond donors (Lipinski definition) is 1. The molecule has 3 rings (SSSR count). The van der Waals surface area contributed by atoms with Gasteiger partial charge < -0.3 is 10.0 Å². The SMILES string of the molecule is CN(C)c1c(C(=O)O)cnc2c(-c3cc(Cl)cc(Cl)c3)nccc12. The zero-order valence-electron chi connectivity index (χ0n) is 12.9. The summed E-state index contributed by atoms with van der Waals surface area (Å²) in [6.45, 7) is 0. The van der Waals surface area contributed by atoms with Gasteiger partial charge in [-0.1, -0.05) is 23.2 Å². The minimum Gasteiger partial charge on any atom is -0.478 e. The van der Waals surface area contributed by atoms with Crippen molar-refractivity contribution in [2.75, 3.05) is 19.0 Å². The molecule has 0 fully saturated rings. The van der Waals surface area contributed by atoms with E-state index in [0.717, 1.165) is 5.56 Å². The van der Waals surface area contributed by atoms with Gasteiger partial charge in [0.15, 0.2) is 0 Å². The van der Waals surface area contributed by atoms with Crippen molar-refractivity contribution in [2.24, 2.45) is 0 Å². The lowest BCUT2D eigenvalue weighted by Crippen LogP contribution is -2.15. The molecule has 0 aliphatic carbocycles. The highest BCUT2D eigenvalue weighted by atomic mass is 35.5. The second kappa shape index (κ2) is 6.26. The van der Waals surface area contributed by atoms with Gasteiger partial charge in [0.05, 0.1) is 16.9 Å². The van der Waals surface area contributed by atoms with Crippen LogP contribution in [0, 0.1) is 0 Å². The molecule has 0 radical (unpaired) electrons. The number of aromatic nitrogens is 2. The molecule has 1 aromatic carbocycles. The summed E-state index contributed by atoms with van der Waals surface area (Å²) in [5.74, 6) is -1.03. The number of fused-ring (bicyclic) bond motifs is 1. The quantitative estimate of drug-likeness (QED) is 0.750. The molecule has 0 aliphatic rings. The second-order valence-corrected chi connectivity index (χ2v) is 6.31. The largest absolute Gasteiger partial charge is 0.478 e. The van der Waals surface area contributed by atoms with Gasteiger partial charge in [0.1, 0.15) is 5.56 Å². The van der Waals surface area contributed by atoms with Crippen LogP contribution in [0.4, 0.5) is 5.69 Å². The summed E-state index contributed by atoms with van der Waals surface area (Å²) in [7, 11) is 3.58. The summed E-state index contributed by atoms with van der Waals surface area (Å²) in [4.78, 5) is 22.0. The monoisotopic (exact) mass is 361 g/mol. The lowest BCUT2D eigenvalue weighted by Gasteiger charge is -2.18. The van der Waals surface area contributed by atoms with Crippen LogP contribution in [0.3, 0.4) is 0 Å². The fourth-order valence-corrected chi connectivity index (χ4v) is 3.18. The highest BCUT2D eigenvalue weighted by Gasteiger charge is 2.19. The molecule has 2 aromatic heterocycles. The summed E-state index contributed by atoms with van der Waals surface area (Å²) in [6, 6.07) is 6.88. The highest BCUT2D eigenvalue weighted by Crippen LogP contribution is 2.34. The minimum atomic E-state index is -1.03. The number of carboxylic acids is 1. The van der Waals surface area contributed by atoms with Gasteiger partial charge in [-0.3, -0.25) is 9.97 Å². The van der Waals surface area contributed by atoms with Crippen LogP contribution in [0.5, 0.6) is 0 Å². The Balaban J connectivity index is 2.36. The second-order valence-electron chi connectivity index (χ2n) is 5.43. The Morgan fingerprint density at radius 3 is 2.38 bits per heavy atom. The van der Waals surface area contributed by atoms with E-state index >= 15 is 0 Å². The van der Waals surface area contributed by atoms with Gasteiger partial charge in [-0.15, -0.1) is 0 Å². The van der Waals surface area contributed by atoms with Crippen molar-refractivity contribution in [2.45, 2.75) is 0 Å². The number of pyridine rings is 2. The summed E-state index contributed by atoms with van der Waals surface area (Å²) in [5, 5.41) is 11.1. The van der Waals surface area contributed by atoms with Gasteiger partial charge >= 0.3 is 5.97 Å². The van der Waals surface area contributed by atoms with E-state index in [9.17, 15) is 9.90 Å². The topological polar surface area (TPSA) is 66.3 Å². The van der Waals surface area contributed by atoms with Crippen molar-refractivity contribution in [3.63, 3.8) is 0 Å². The molecule has 0 unspecified atom stereocenters. The first-order valence-corrected chi connectivity index (χ1v) is 7.79. The number of nitrogens with zero attached hydrogens (tertiary/aromatic N) is 3. The Labute approximate surface area is 148 Å². The molecule has 0 atom stereocenters. The van der Waals surface area contributed by atoms with E-state index < -0.39 is 5.97 Å². The van der Waals surface area contributed by atoms with Crippen molar-refractivity contribution >= 4 is 45.8 Å². The maximum atomic E-state index is 11.5. The zero-order chi connectivity index (χ0) is 17.4. The molecule has 2 heterocycles. The average molecular weight is 362 g/mol. The predicted molar refractivity (Wildman–Crippen MR) is 96.3 cm³/mol. The first kappa shape index (κ1) is 16.5. The van der Waals surface area contributed by atoms with E-state index in [0.29, 0.717) is 32.3 Å². The van der Waals surface area contributed by atoms with Crippen molar-refractivity contribution in [3.05, 3.63) is 52.3 Å². The van der Waals surface area contributed by atoms with Gasteiger partial charge in [-0.25, -0.2) is 4.79 Å². The number of benzene rings is 1. The number of halogens is 2. The standard InChI is InChI=1S/C17H13Cl2N3O2/c1-22(2)16-12-3-4-20-14(9-5-10(18)7-11(19)6-9)15(12)21-8-13(16)17(23)24/h3-8H,1-2H3,(H,23,24). The van der Waals surface area contributed by atoms with Gasteiger partial charge in [0.2, 0.25) is 0 Å². The number of anilines is 1. The van der Waals surface area contributed by atoms with Crippen LogP contribution in [0.25, 0.3) is 22.2 Å². The van der Waals surface area contributed by atoms with E-state index in [4.69, 9.17) is 23.2 Å². The average Bonchev–Trinajstić information content (AvgIpc) is 2.51. The molecule has 0 saturated carbocycles. The molecule has 5 nitrogen and oxygen atoms in total. The van der Waals surface area contributed by atoms with Gasteiger partial charge in [0.25, 0.3) is 0 Å². The Morgan fingerprint density at radius 1 is 1.12 bits per heavy atom. The van der Waals surface area contributed by atoms with E-state index in [2.05, 4.69) is 9.97 Å². The van der Waals surface area contributed by atoms with E-state index in [1.54, 1.807) is 49.5 Å². The lowest BCUT2D eigenvalue weighted by atomic mass is 10.0. The third-order valence-electron chi connectivity index (χ3n) is 3.57. The molecular weight excluding hydrogens is 349 g/mol. The maximum Gasteiger partial charge on any atom is 0.339 e. The molecule has 122 valence electrons. The first-order valence-electron chi connectivity index (χ1n) is 7.03. The zero-order valence-corrected chi connectivity index (χ0v) is 14.4. The Hall–Kier alpha value is -2.37. The fraction of sp³-hybridized carbons (Fsp3) is 0.118. The Bertz CT molecular complexity index is 938. The van der Waals surface area contributed by atoms with Gasteiger partial charge in [0, 0.05) is 47.5 Å². The molecule has 0 aliphatic heterocycles. The summed E-state index contributed by atoms with van der Waals surface area (Å²) in [5.41, 5.74) is 2.61. The molecule has 0 saturated heterocycles. The molecule has 0 bridgehead atoms. The molecule has 24 heavy (non-hydrogen) atoms. The number of hydrogen-bond acceptors (Lipinski definition) is 4. The molecule has 3 aromatic rings. The van der Waals surface area contributed by atoms with E-state index in [-0.39, 0.29) is 5.56 Å². The normalized spacial score (nSPS) is 10.8. The minimum absolute atomic E-state index is 0.133. The van der Waals surface area contributed by atoms with Crippen LogP contribution >= 0.6 is 23.2 Å². The van der Waals surface area contributed by atoms with Crippen molar-refractivity contribution in [3.8, 4) is 11.3 Å². The predicted octanol–water partition coefficient (Wildman–Crippen LogP) is 4.37. The third kappa shape index (κ3) is 2.88. The highest BCUT2D eigenvalue weighted by molar-refractivity contribution is 6.35. The van der Waals surface area contributed by atoms with Crippen LogP contribution in [0.1, 0.15) is 10.4 Å². The third-order valence-corrected chi connectivity index (χ3v) is 4.01. The van der Waals surface area contributed by atoms with Crippen LogP contribution in [-0.4, -0.2) is 35.1 Å². The smallest absolute Gasteiger partial charge is 0.339 e. The molecule has 0 amide bonds. The Morgan fingerprint density at radius 2 is 1.79 bits per heavy atom. The van der Waals surface area contributed by atoms with Gasteiger partial charge in [-0.05, 0) is 24.3 Å². The maximum absolute atomic E-state index is 11.5. The van der Waals surface area contributed by atoms with Crippen LogP contribution in [0.15, 0.2) is 36.7 Å². The Kier molecular flexibility index (Phi) is 4.30. The number of carbonyl (C=O) groups is 1. The van der Waals surface area contributed by atoms with E-state index in [1.807, 2.05) is 0 Å². The number of carboxylic acid groups (broad SMARTS) is 1. The van der Waals surface area contributed by atoms with Crippen LogP contribution in [-0.2, 0) is 0 Å². The van der Waals surface area contributed by atoms with Crippen molar-refractivity contribution in [1.29, 1.82) is 0 Å². The molecule has 0 spiro atoms. The van der Waals surface area contributed by atoms with Crippen LogP contribution < -0.4 is 4.90 Å². The summed E-state index contributed by atoms with van der Waals surface area (Å²) < 4.78 is 0. The van der Waals surface area contributed by atoms with Crippen molar-refractivity contribution in [1.82, 2.24) is 9.97 Å². The van der Waals surface area contributed by atoms with Gasteiger partial charge in [-0.2, -0.15) is 0 Å². The fourth-order valence-electron chi connectivity index (χ4n) is 2.65. The summed E-state index contributed by atoms with van der Waals surface area (Å²) in [6.07, 6.45) is 2.96. The lowest BCUT2D eigenvalue weighted by molar-refractivity contribution is 0.0697. The molecule has 1 N–H and O–H groups in total. The van der Waals surface area contributed by atoms with Crippen LogP contribution in [0.2, 0.25) is 10.0 Å². The molecular formula is C17H13Cl2N3O2. The molecule has 7 heteroatoms. The summed E-state index contributed by atoms with van der Waals surface area (Å²) >= 11 is 12.2. The van der Waals surface area contributed by atoms with E-state index in [1.165, 1.54) is 6.20 Å². The number of rotatable bonds is 3. The number of aromatic carboxylic acids is 1. The first-order chi connectivity index (χ1) is 11.4. The van der Waals surface area contributed by atoms with Crippen molar-refractivity contribution < 1.29 is 9.90 Å².